The summed E-state index contributed by atoms with van der Waals surface area (Å²) in [6.45, 7) is -0.651. The number of aliphatic hydroxyl groups excluding tert-OH is 2. The molecule has 0 amide bonds. The third-order valence-corrected chi connectivity index (χ3v) is 5.98. The normalized spacial score (nSPS) is 24.9. The minimum Gasteiger partial charge on any atom is -0.387 e. The Morgan fingerprint density at radius 3 is 2.68 bits per heavy atom. The van der Waals surface area contributed by atoms with Gasteiger partial charge < -0.3 is 29.3 Å². The Morgan fingerprint density at radius 1 is 1.18 bits per heavy atom. The van der Waals surface area contributed by atoms with Crippen LogP contribution >= 0.6 is 8.60 Å². The SMILES string of the molecule is O=c1ccn(C2OC(COP(O)O)C(O)C2O)c(=O)n1Cc1cc(C2=CCCC=C2F)ccn1. The number of hydrogen-bond donors (Lipinski definition) is 4. The fourth-order valence-corrected chi connectivity index (χ4v) is 4.18. The molecular weight excluding hydrogens is 472 g/mol. The van der Waals surface area contributed by atoms with E-state index in [1.54, 1.807) is 18.2 Å². The molecule has 34 heavy (non-hydrogen) atoms. The van der Waals surface area contributed by atoms with E-state index in [2.05, 4.69) is 9.51 Å². The quantitative estimate of drug-likeness (QED) is 0.398. The third kappa shape index (κ3) is 5.08. The first-order valence-electron chi connectivity index (χ1n) is 10.4. The Bertz CT molecular complexity index is 1230. The lowest BCUT2D eigenvalue weighted by Crippen LogP contribution is -2.43. The molecule has 0 saturated carbocycles. The first-order chi connectivity index (χ1) is 16.3. The third-order valence-electron chi connectivity index (χ3n) is 5.60. The molecule has 0 radical (unpaired) electrons. The van der Waals surface area contributed by atoms with Crippen molar-refractivity contribution in [2.45, 2.75) is 43.9 Å². The van der Waals surface area contributed by atoms with Gasteiger partial charge >= 0.3 is 14.3 Å². The summed E-state index contributed by atoms with van der Waals surface area (Å²) >= 11 is 0. The summed E-state index contributed by atoms with van der Waals surface area (Å²) in [5.41, 5.74) is -0.127. The van der Waals surface area contributed by atoms with Crippen LogP contribution in [0.15, 0.2) is 58.2 Å². The highest BCUT2D eigenvalue weighted by Crippen LogP contribution is 2.32. The molecule has 2 aromatic rings. The zero-order valence-corrected chi connectivity index (χ0v) is 18.7. The summed E-state index contributed by atoms with van der Waals surface area (Å²) < 4.78 is 26.2. The summed E-state index contributed by atoms with van der Waals surface area (Å²) in [4.78, 5) is 47.5. The van der Waals surface area contributed by atoms with E-state index < -0.39 is 51.0 Å². The van der Waals surface area contributed by atoms with Crippen LogP contribution in [0, 0.1) is 0 Å². The van der Waals surface area contributed by atoms with E-state index in [1.165, 1.54) is 12.3 Å². The van der Waals surface area contributed by atoms with Crippen LogP contribution in [0.25, 0.3) is 5.57 Å². The van der Waals surface area contributed by atoms with Crippen LogP contribution in [0.1, 0.15) is 30.3 Å². The lowest BCUT2D eigenvalue weighted by atomic mass is 9.99. The Morgan fingerprint density at radius 2 is 1.94 bits per heavy atom. The van der Waals surface area contributed by atoms with Crippen LogP contribution < -0.4 is 11.2 Å². The zero-order chi connectivity index (χ0) is 24.4. The van der Waals surface area contributed by atoms with Gasteiger partial charge in [-0.2, -0.15) is 0 Å². The monoisotopic (exact) mass is 495 g/mol. The van der Waals surface area contributed by atoms with E-state index in [4.69, 9.17) is 14.5 Å². The highest BCUT2D eigenvalue weighted by molar-refractivity contribution is 7.39. The van der Waals surface area contributed by atoms with Gasteiger partial charge in [0.15, 0.2) is 6.23 Å². The van der Waals surface area contributed by atoms with Crippen LogP contribution in [0.3, 0.4) is 0 Å². The Kier molecular flexibility index (Phi) is 7.48. The number of ether oxygens (including phenoxy) is 1. The molecule has 1 fully saturated rings. The fourth-order valence-electron chi connectivity index (χ4n) is 3.90. The van der Waals surface area contributed by atoms with Gasteiger partial charge in [0, 0.05) is 24.0 Å². The van der Waals surface area contributed by atoms with E-state index in [0.717, 1.165) is 21.4 Å². The first kappa shape index (κ1) is 24.6. The van der Waals surface area contributed by atoms with Crippen LogP contribution in [0.4, 0.5) is 4.39 Å². The summed E-state index contributed by atoms with van der Waals surface area (Å²) in [6.07, 6.45) is 1.67. The van der Waals surface area contributed by atoms with Gasteiger partial charge in [0.25, 0.3) is 5.56 Å². The molecular formula is C21H23FN3O8P. The van der Waals surface area contributed by atoms with Crippen molar-refractivity contribution in [3.63, 3.8) is 0 Å². The van der Waals surface area contributed by atoms with Crippen molar-refractivity contribution < 1.29 is 33.7 Å². The number of halogens is 1. The molecule has 4 rings (SSSR count). The molecule has 11 nitrogen and oxygen atoms in total. The zero-order valence-electron chi connectivity index (χ0n) is 17.8. The molecule has 3 heterocycles. The standard InChI is InChI=1S/C21H23FN3O8P/c22-15-4-2-1-3-14(15)12-5-7-23-13(9-12)10-25-17(26)6-8-24(21(25)29)20-19(28)18(27)16(33-20)11-32-34(30)31/h3-9,16,18-20,27-28,30-31H,1-2,10-11H2. The number of nitrogens with zero attached hydrogens (tertiary/aromatic N) is 3. The van der Waals surface area contributed by atoms with E-state index in [-0.39, 0.29) is 12.4 Å². The molecule has 4 N–H and O–H groups in total. The predicted octanol–water partition coefficient (Wildman–Crippen LogP) is 0.331. The van der Waals surface area contributed by atoms with Crippen molar-refractivity contribution in [3.05, 3.63) is 80.7 Å². The molecule has 2 aliphatic rings. The van der Waals surface area contributed by atoms with Crippen molar-refractivity contribution >= 4 is 14.2 Å². The van der Waals surface area contributed by atoms with Crippen molar-refractivity contribution in [1.29, 1.82) is 0 Å². The molecule has 0 bridgehead atoms. The van der Waals surface area contributed by atoms with Crippen molar-refractivity contribution in [2.24, 2.45) is 0 Å². The molecule has 4 atom stereocenters. The largest absolute Gasteiger partial charge is 0.387 e. The van der Waals surface area contributed by atoms with E-state index in [1.807, 2.05) is 0 Å². The van der Waals surface area contributed by atoms with Gasteiger partial charge in [-0.25, -0.2) is 9.18 Å². The molecule has 1 saturated heterocycles. The van der Waals surface area contributed by atoms with Gasteiger partial charge in [-0.1, -0.05) is 6.08 Å². The highest BCUT2D eigenvalue weighted by Gasteiger charge is 2.44. The second-order valence-electron chi connectivity index (χ2n) is 7.81. The van der Waals surface area contributed by atoms with Gasteiger partial charge in [0.05, 0.1) is 18.8 Å². The number of pyridine rings is 1. The first-order valence-corrected chi connectivity index (χ1v) is 11.6. The Labute approximate surface area is 193 Å². The van der Waals surface area contributed by atoms with Gasteiger partial charge in [-0.05, 0) is 36.6 Å². The predicted molar refractivity (Wildman–Crippen MR) is 118 cm³/mol. The second-order valence-corrected chi connectivity index (χ2v) is 8.57. The summed E-state index contributed by atoms with van der Waals surface area (Å²) in [6, 6.07) is 4.33. The summed E-state index contributed by atoms with van der Waals surface area (Å²) in [7, 11) is -2.70. The van der Waals surface area contributed by atoms with Gasteiger partial charge in [0.1, 0.15) is 24.1 Å². The van der Waals surface area contributed by atoms with Crippen LogP contribution in [0.5, 0.6) is 0 Å². The number of hydrogen-bond acceptors (Lipinski definition) is 9. The molecule has 0 aromatic carbocycles. The maximum Gasteiger partial charge on any atom is 0.333 e. The topological polar surface area (TPSA) is 156 Å². The van der Waals surface area contributed by atoms with Crippen molar-refractivity contribution in [1.82, 2.24) is 14.1 Å². The van der Waals surface area contributed by atoms with Gasteiger partial charge in [-0.3, -0.25) is 18.9 Å². The number of allylic oxidation sites excluding steroid dienone is 4. The van der Waals surface area contributed by atoms with Crippen LogP contribution in [-0.2, 0) is 15.8 Å². The highest BCUT2D eigenvalue weighted by atomic mass is 31.2. The smallest absolute Gasteiger partial charge is 0.333 e. The van der Waals surface area contributed by atoms with E-state index in [0.29, 0.717) is 29.7 Å². The minimum atomic E-state index is -2.70. The van der Waals surface area contributed by atoms with Gasteiger partial charge in [0.2, 0.25) is 0 Å². The molecule has 13 heteroatoms. The summed E-state index contributed by atoms with van der Waals surface area (Å²) in [5.74, 6) is -0.345. The van der Waals surface area contributed by atoms with Gasteiger partial charge in [-0.15, -0.1) is 0 Å². The van der Waals surface area contributed by atoms with E-state index >= 15 is 0 Å². The van der Waals surface area contributed by atoms with Crippen molar-refractivity contribution in [2.75, 3.05) is 6.61 Å². The molecule has 2 aromatic heterocycles. The number of aliphatic hydroxyl groups is 2. The Balaban J connectivity index is 1.60. The molecule has 1 aliphatic carbocycles. The van der Waals surface area contributed by atoms with Crippen molar-refractivity contribution in [3.8, 4) is 0 Å². The van der Waals surface area contributed by atoms with E-state index in [9.17, 15) is 24.2 Å². The maximum atomic E-state index is 14.2. The summed E-state index contributed by atoms with van der Waals surface area (Å²) in [5, 5.41) is 20.6. The lowest BCUT2D eigenvalue weighted by Gasteiger charge is -2.19. The molecule has 4 unspecified atom stereocenters. The van der Waals surface area contributed by atoms with Crippen LogP contribution in [-0.4, -0.2) is 59.0 Å². The Hall–Kier alpha value is -2.57. The second kappa shape index (κ2) is 10.4. The number of rotatable bonds is 7. The van der Waals surface area contributed by atoms with Crippen LogP contribution in [0.2, 0.25) is 0 Å². The average Bonchev–Trinajstić information content (AvgIpc) is 3.09. The molecule has 1 aliphatic heterocycles. The molecule has 182 valence electrons. The minimum absolute atomic E-state index is 0.220. The number of aromatic nitrogens is 3. The maximum absolute atomic E-state index is 14.2. The average molecular weight is 495 g/mol. The lowest BCUT2D eigenvalue weighted by molar-refractivity contribution is -0.0531. The fraction of sp³-hybridized carbons (Fsp3) is 0.381. The molecule has 0 spiro atoms.